The van der Waals surface area contributed by atoms with Crippen molar-refractivity contribution in [3.8, 4) is 0 Å². The molecule has 1 heterocycles. The van der Waals surface area contributed by atoms with Crippen molar-refractivity contribution in [1.82, 2.24) is 4.98 Å². The number of carbonyl (C=O) groups is 1. The largest absolute Gasteiger partial charge is 0.288 e. The standard InChI is InChI=1S/C14H11Cl2NO/c1-8-6-7-10(9(2)17-8)14(18)11-4-3-5-12(15)13(11)16/h3-7H,1-2H3. The third kappa shape index (κ3) is 2.40. The quantitative estimate of drug-likeness (QED) is 0.770. The van der Waals surface area contributed by atoms with E-state index < -0.39 is 0 Å². The highest BCUT2D eigenvalue weighted by atomic mass is 35.5. The summed E-state index contributed by atoms with van der Waals surface area (Å²) < 4.78 is 0. The molecule has 0 radical (unpaired) electrons. The van der Waals surface area contributed by atoms with Crippen molar-refractivity contribution in [3.63, 3.8) is 0 Å². The Morgan fingerprint density at radius 3 is 2.44 bits per heavy atom. The van der Waals surface area contributed by atoms with Gasteiger partial charge in [-0.1, -0.05) is 29.3 Å². The fourth-order valence-corrected chi connectivity index (χ4v) is 2.14. The number of halogens is 2. The van der Waals surface area contributed by atoms with E-state index in [2.05, 4.69) is 4.98 Å². The van der Waals surface area contributed by atoms with Crippen molar-refractivity contribution >= 4 is 29.0 Å². The van der Waals surface area contributed by atoms with Gasteiger partial charge in [0.05, 0.1) is 10.0 Å². The molecule has 2 aromatic rings. The maximum Gasteiger partial charge on any atom is 0.196 e. The van der Waals surface area contributed by atoms with E-state index in [1.165, 1.54) is 0 Å². The van der Waals surface area contributed by atoms with Gasteiger partial charge in [-0.3, -0.25) is 9.78 Å². The van der Waals surface area contributed by atoms with Crippen molar-refractivity contribution in [3.05, 3.63) is 62.9 Å². The van der Waals surface area contributed by atoms with Crippen LogP contribution in [0.15, 0.2) is 30.3 Å². The molecule has 0 saturated heterocycles. The van der Waals surface area contributed by atoms with Gasteiger partial charge in [-0.15, -0.1) is 0 Å². The van der Waals surface area contributed by atoms with Crippen LogP contribution in [0.1, 0.15) is 27.3 Å². The average Bonchev–Trinajstić information content (AvgIpc) is 2.32. The molecule has 0 N–H and O–H groups in total. The monoisotopic (exact) mass is 279 g/mol. The Bertz CT molecular complexity index is 623. The van der Waals surface area contributed by atoms with Crippen molar-refractivity contribution in [2.75, 3.05) is 0 Å². The molecule has 92 valence electrons. The van der Waals surface area contributed by atoms with Crippen molar-refractivity contribution < 1.29 is 4.79 Å². The Morgan fingerprint density at radius 1 is 1.06 bits per heavy atom. The zero-order valence-electron chi connectivity index (χ0n) is 10.00. The van der Waals surface area contributed by atoms with Gasteiger partial charge in [-0.05, 0) is 38.1 Å². The number of rotatable bonds is 2. The van der Waals surface area contributed by atoms with E-state index in [-0.39, 0.29) is 10.8 Å². The molecule has 0 spiro atoms. The molecular weight excluding hydrogens is 269 g/mol. The summed E-state index contributed by atoms with van der Waals surface area (Å²) in [4.78, 5) is 16.6. The molecule has 1 aromatic heterocycles. The van der Waals surface area contributed by atoms with Crippen molar-refractivity contribution in [1.29, 1.82) is 0 Å². The summed E-state index contributed by atoms with van der Waals surface area (Å²) in [5, 5.41) is 0.657. The molecule has 4 heteroatoms. The molecule has 0 aliphatic rings. The first-order chi connectivity index (χ1) is 8.50. The average molecular weight is 280 g/mol. The van der Waals surface area contributed by atoms with Crippen LogP contribution in [-0.4, -0.2) is 10.8 Å². The molecule has 0 saturated carbocycles. The number of aromatic nitrogens is 1. The fourth-order valence-electron chi connectivity index (χ4n) is 1.75. The van der Waals surface area contributed by atoms with Crippen LogP contribution in [-0.2, 0) is 0 Å². The topological polar surface area (TPSA) is 30.0 Å². The number of pyridine rings is 1. The molecule has 0 amide bonds. The van der Waals surface area contributed by atoms with E-state index >= 15 is 0 Å². The van der Waals surface area contributed by atoms with Crippen LogP contribution in [0.3, 0.4) is 0 Å². The Labute approximate surface area is 116 Å². The van der Waals surface area contributed by atoms with Gasteiger partial charge in [0.25, 0.3) is 0 Å². The zero-order chi connectivity index (χ0) is 13.3. The smallest absolute Gasteiger partial charge is 0.196 e. The number of benzene rings is 1. The molecular formula is C14H11Cl2NO. The highest BCUT2D eigenvalue weighted by Crippen LogP contribution is 2.27. The summed E-state index contributed by atoms with van der Waals surface area (Å²) in [6.45, 7) is 3.69. The van der Waals surface area contributed by atoms with Gasteiger partial charge >= 0.3 is 0 Å². The third-order valence-electron chi connectivity index (χ3n) is 2.67. The molecule has 0 fully saturated rings. The first-order valence-corrected chi connectivity index (χ1v) is 6.19. The summed E-state index contributed by atoms with van der Waals surface area (Å²) in [7, 11) is 0. The van der Waals surface area contributed by atoms with Gasteiger partial charge < -0.3 is 0 Å². The number of hydrogen-bond acceptors (Lipinski definition) is 2. The first kappa shape index (κ1) is 13.1. The molecule has 2 rings (SSSR count). The van der Waals surface area contributed by atoms with E-state index in [9.17, 15) is 4.79 Å². The Balaban J connectivity index is 2.51. The lowest BCUT2D eigenvalue weighted by molar-refractivity contribution is 0.103. The fraction of sp³-hybridized carbons (Fsp3) is 0.143. The second-order valence-electron chi connectivity index (χ2n) is 4.02. The predicted molar refractivity (Wildman–Crippen MR) is 73.6 cm³/mol. The van der Waals surface area contributed by atoms with Gasteiger partial charge in [-0.25, -0.2) is 0 Å². The second kappa shape index (κ2) is 5.09. The predicted octanol–water partition coefficient (Wildman–Crippen LogP) is 4.24. The van der Waals surface area contributed by atoms with E-state index in [1.807, 2.05) is 6.92 Å². The lowest BCUT2D eigenvalue weighted by atomic mass is 10.0. The van der Waals surface area contributed by atoms with Gasteiger partial charge in [0.1, 0.15) is 0 Å². The normalized spacial score (nSPS) is 10.4. The minimum Gasteiger partial charge on any atom is -0.288 e. The van der Waals surface area contributed by atoms with Gasteiger partial charge in [-0.2, -0.15) is 0 Å². The summed E-state index contributed by atoms with van der Waals surface area (Å²) in [6.07, 6.45) is 0. The summed E-state index contributed by atoms with van der Waals surface area (Å²) >= 11 is 12.0. The highest BCUT2D eigenvalue weighted by Gasteiger charge is 2.16. The Hall–Kier alpha value is -1.38. The molecule has 2 nitrogen and oxygen atoms in total. The lowest BCUT2D eigenvalue weighted by Gasteiger charge is -2.07. The number of hydrogen-bond donors (Lipinski definition) is 0. The van der Waals surface area contributed by atoms with Crippen LogP contribution in [0.25, 0.3) is 0 Å². The van der Waals surface area contributed by atoms with E-state index in [4.69, 9.17) is 23.2 Å². The van der Waals surface area contributed by atoms with Crippen LogP contribution >= 0.6 is 23.2 Å². The number of carbonyl (C=O) groups excluding carboxylic acids is 1. The highest BCUT2D eigenvalue weighted by molar-refractivity contribution is 6.44. The minimum absolute atomic E-state index is 0.160. The van der Waals surface area contributed by atoms with E-state index in [0.29, 0.717) is 21.8 Å². The van der Waals surface area contributed by atoms with Gasteiger partial charge in [0, 0.05) is 22.5 Å². The van der Waals surface area contributed by atoms with Crippen LogP contribution in [0.4, 0.5) is 0 Å². The zero-order valence-corrected chi connectivity index (χ0v) is 11.5. The van der Waals surface area contributed by atoms with Gasteiger partial charge in [0.15, 0.2) is 5.78 Å². The molecule has 0 atom stereocenters. The third-order valence-corrected chi connectivity index (χ3v) is 3.48. The second-order valence-corrected chi connectivity index (χ2v) is 4.80. The van der Waals surface area contributed by atoms with Crippen molar-refractivity contribution in [2.45, 2.75) is 13.8 Å². The lowest BCUT2D eigenvalue weighted by Crippen LogP contribution is -2.06. The number of nitrogens with zero attached hydrogens (tertiary/aromatic N) is 1. The number of ketones is 1. The maximum absolute atomic E-state index is 12.4. The van der Waals surface area contributed by atoms with Crippen LogP contribution in [0, 0.1) is 13.8 Å². The van der Waals surface area contributed by atoms with Crippen LogP contribution in [0.2, 0.25) is 10.0 Å². The van der Waals surface area contributed by atoms with Gasteiger partial charge in [0.2, 0.25) is 0 Å². The summed E-state index contributed by atoms with van der Waals surface area (Å²) in [6, 6.07) is 8.59. The molecule has 0 aliphatic heterocycles. The maximum atomic E-state index is 12.4. The Morgan fingerprint density at radius 2 is 1.78 bits per heavy atom. The van der Waals surface area contributed by atoms with Crippen LogP contribution in [0.5, 0.6) is 0 Å². The first-order valence-electron chi connectivity index (χ1n) is 5.43. The molecule has 0 unspecified atom stereocenters. The summed E-state index contributed by atoms with van der Waals surface area (Å²) in [5.74, 6) is -0.160. The molecule has 18 heavy (non-hydrogen) atoms. The minimum atomic E-state index is -0.160. The molecule has 1 aromatic carbocycles. The Kier molecular flexibility index (Phi) is 3.69. The molecule has 0 bridgehead atoms. The SMILES string of the molecule is Cc1ccc(C(=O)c2cccc(Cl)c2Cl)c(C)n1. The van der Waals surface area contributed by atoms with E-state index in [0.717, 1.165) is 5.69 Å². The summed E-state index contributed by atoms with van der Waals surface area (Å²) in [5.41, 5.74) is 2.51. The van der Waals surface area contributed by atoms with Crippen molar-refractivity contribution in [2.24, 2.45) is 0 Å². The van der Waals surface area contributed by atoms with E-state index in [1.54, 1.807) is 37.3 Å². The molecule has 0 aliphatic carbocycles. The number of aryl methyl sites for hydroxylation is 2. The van der Waals surface area contributed by atoms with Crippen LogP contribution < -0.4 is 0 Å².